The number of nitrogens with zero attached hydrogens (tertiary/aromatic N) is 3. The van der Waals surface area contributed by atoms with E-state index in [0.717, 1.165) is 25.3 Å². The summed E-state index contributed by atoms with van der Waals surface area (Å²) in [5.74, 6) is -0.531. The van der Waals surface area contributed by atoms with Crippen LogP contribution >= 0.6 is 0 Å². The highest BCUT2D eigenvalue weighted by molar-refractivity contribution is 7.90. The SMILES string of the molecule is Cc1ccc(CN(C(=O)CN(c2ccccc2)S(=O)(=O)N(C)C)C(Cc2ccccc2)C(=O)NCC(C)C)cc1. The smallest absolute Gasteiger partial charge is 0.304 e. The van der Waals surface area contributed by atoms with Gasteiger partial charge in [0, 0.05) is 33.6 Å². The molecule has 214 valence electrons. The van der Waals surface area contributed by atoms with Gasteiger partial charge in [0.05, 0.1) is 5.69 Å². The van der Waals surface area contributed by atoms with Gasteiger partial charge >= 0.3 is 10.2 Å². The van der Waals surface area contributed by atoms with Crippen LogP contribution in [0, 0.1) is 12.8 Å². The van der Waals surface area contributed by atoms with Gasteiger partial charge in [0.15, 0.2) is 0 Å². The number of amides is 2. The van der Waals surface area contributed by atoms with E-state index in [2.05, 4.69) is 5.32 Å². The lowest BCUT2D eigenvalue weighted by atomic mass is 10.0. The first-order valence-corrected chi connectivity index (χ1v) is 14.8. The summed E-state index contributed by atoms with van der Waals surface area (Å²) in [4.78, 5) is 29.3. The predicted octanol–water partition coefficient (Wildman–Crippen LogP) is 4.02. The number of hydrogen-bond acceptors (Lipinski definition) is 4. The zero-order chi connectivity index (χ0) is 29.3. The molecule has 1 N–H and O–H groups in total. The lowest BCUT2D eigenvalue weighted by molar-refractivity contribution is -0.140. The molecule has 1 unspecified atom stereocenters. The lowest BCUT2D eigenvalue weighted by Gasteiger charge is -2.34. The van der Waals surface area contributed by atoms with E-state index >= 15 is 0 Å². The Morgan fingerprint density at radius 1 is 0.825 bits per heavy atom. The van der Waals surface area contributed by atoms with Crippen LogP contribution in [-0.4, -0.2) is 62.7 Å². The van der Waals surface area contributed by atoms with Crippen molar-refractivity contribution in [2.75, 3.05) is 31.5 Å². The van der Waals surface area contributed by atoms with Crippen LogP contribution in [0.1, 0.15) is 30.5 Å². The summed E-state index contributed by atoms with van der Waals surface area (Å²) in [6, 6.07) is 25.0. The molecule has 2 amide bonds. The number of carbonyl (C=O) groups is 2. The van der Waals surface area contributed by atoms with Crippen LogP contribution in [0.25, 0.3) is 0 Å². The first kappa shape index (κ1) is 30.8. The van der Waals surface area contributed by atoms with Crippen molar-refractivity contribution in [3.05, 3.63) is 102 Å². The molecule has 3 aromatic rings. The van der Waals surface area contributed by atoms with Gasteiger partial charge in [0.2, 0.25) is 11.8 Å². The Hall–Kier alpha value is -3.69. The number of hydrogen-bond donors (Lipinski definition) is 1. The fourth-order valence-corrected chi connectivity index (χ4v) is 5.23. The molecular formula is C31H40N4O4S. The zero-order valence-electron chi connectivity index (χ0n) is 23.9. The minimum Gasteiger partial charge on any atom is -0.354 e. The second kappa shape index (κ2) is 14.1. The van der Waals surface area contributed by atoms with Crippen LogP contribution in [0.3, 0.4) is 0 Å². The van der Waals surface area contributed by atoms with E-state index in [1.807, 2.05) is 75.4 Å². The summed E-state index contributed by atoms with van der Waals surface area (Å²) in [6.45, 7) is 6.14. The first-order valence-electron chi connectivity index (χ1n) is 13.4. The average Bonchev–Trinajstić information content (AvgIpc) is 2.94. The minimum absolute atomic E-state index is 0.149. The van der Waals surface area contributed by atoms with E-state index in [9.17, 15) is 18.0 Å². The Kier molecular flexibility index (Phi) is 10.9. The fourth-order valence-electron chi connectivity index (χ4n) is 4.18. The molecule has 0 bridgehead atoms. The third-order valence-corrected chi connectivity index (χ3v) is 8.31. The molecule has 9 heteroatoms. The van der Waals surface area contributed by atoms with E-state index in [-0.39, 0.29) is 24.8 Å². The summed E-state index contributed by atoms with van der Waals surface area (Å²) in [5, 5.41) is 2.99. The van der Waals surface area contributed by atoms with Crippen LogP contribution in [0.5, 0.6) is 0 Å². The molecule has 3 aromatic carbocycles. The normalized spacial score (nSPS) is 12.3. The Balaban J connectivity index is 2.06. The van der Waals surface area contributed by atoms with Gasteiger partial charge in [-0.25, -0.2) is 4.31 Å². The minimum atomic E-state index is -4.01. The average molecular weight is 565 g/mol. The van der Waals surface area contributed by atoms with Gasteiger partial charge in [-0.2, -0.15) is 12.7 Å². The third kappa shape index (κ3) is 8.40. The molecule has 0 radical (unpaired) electrons. The summed E-state index contributed by atoms with van der Waals surface area (Å²) in [6.07, 6.45) is 0.286. The van der Waals surface area contributed by atoms with Gasteiger partial charge in [0.1, 0.15) is 12.6 Å². The quantitative estimate of drug-likeness (QED) is 0.340. The van der Waals surface area contributed by atoms with Crippen LogP contribution in [0.2, 0.25) is 0 Å². The molecule has 0 aliphatic carbocycles. The second-order valence-corrected chi connectivity index (χ2v) is 12.6. The highest BCUT2D eigenvalue weighted by atomic mass is 32.2. The summed E-state index contributed by atoms with van der Waals surface area (Å²) < 4.78 is 28.9. The highest BCUT2D eigenvalue weighted by Crippen LogP contribution is 2.21. The van der Waals surface area contributed by atoms with Crippen LogP contribution in [0.4, 0.5) is 5.69 Å². The van der Waals surface area contributed by atoms with Gasteiger partial charge in [-0.05, 0) is 36.1 Å². The van der Waals surface area contributed by atoms with Crippen LogP contribution in [-0.2, 0) is 32.8 Å². The Bertz CT molecular complexity index is 1350. The van der Waals surface area contributed by atoms with Gasteiger partial charge in [-0.1, -0.05) is 92.2 Å². The topological polar surface area (TPSA) is 90.0 Å². The van der Waals surface area contributed by atoms with Gasteiger partial charge in [-0.3, -0.25) is 9.59 Å². The first-order chi connectivity index (χ1) is 19.0. The van der Waals surface area contributed by atoms with Crippen molar-refractivity contribution in [1.82, 2.24) is 14.5 Å². The molecule has 0 saturated heterocycles. The number of anilines is 1. The van der Waals surface area contributed by atoms with Crippen molar-refractivity contribution in [2.45, 2.75) is 39.8 Å². The number of aryl methyl sites for hydroxylation is 1. The Morgan fingerprint density at radius 2 is 1.40 bits per heavy atom. The molecule has 1 atom stereocenters. The monoisotopic (exact) mass is 564 g/mol. The van der Waals surface area contributed by atoms with E-state index < -0.39 is 28.7 Å². The van der Waals surface area contributed by atoms with Gasteiger partial charge < -0.3 is 10.2 Å². The van der Waals surface area contributed by atoms with Crippen LogP contribution in [0.15, 0.2) is 84.9 Å². The van der Waals surface area contributed by atoms with Crippen molar-refractivity contribution < 1.29 is 18.0 Å². The number of carbonyl (C=O) groups excluding carboxylic acids is 2. The maximum absolute atomic E-state index is 14.2. The summed E-state index contributed by atoms with van der Waals surface area (Å²) in [5.41, 5.74) is 3.18. The lowest BCUT2D eigenvalue weighted by Crippen LogP contribution is -2.54. The summed E-state index contributed by atoms with van der Waals surface area (Å²) >= 11 is 0. The standard InChI is InChI=1S/C31H40N4O4S/c1-24(2)21-32-31(37)29(20-26-12-8-6-9-13-26)34(22-27-18-16-25(3)17-19-27)30(36)23-35(40(38,39)33(4)5)28-14-10-7-11-15-28/h6-19,24,29H,20-23H2,1-5H3,(H,32,37). The predicted molar refractivity (Wildman–Crippen MR) is 160 cm³/mol. The van der Waals surface area contributed by atoms with Crippen molar-refractivity contribution >= 4 is 27.7 Å². The fraction of sp³-hybridized carbons (Fsp3) is 0.355. The molecular weight excluding hydrogens is 524 g/mol. The molecule has 0 spiro atoms. The third-order valence-electron chi connectivity index (χ3n) is 6.49. The summed E-state index contributed by atoms with van der Waals surface area (Å²) in [7, 11) is -1.15. The maximum atomic E-state index is 14.2. The van der Waals surface area contributed by atoms with E-state index in [0.29, 0.717) is 12.2 Å². The molecule has 0 saturated carbocycles. The Labute approximate surface area is 238 Å². The Morgan fingerprint density at radius 3 is 1.95 bits per heavy atom. The van der Waals surface area contributed by atoms with Gasteiger partial charge in [0.25, 0.3) is 0 Å². The number of benzene rings is 3. The number of para-hydroxylation sites is 1. The molecule has 0 fully saturated rings. The number of nitrogens with one attached hydrogen (secondary N) is 1. The van der Waals surface area contributed by atoms with Crippen molar-refractivity contribution in [1.29, 1.82) is 0 Å². The molecule has 3 rings (SSSR count). The second-order valence-electron chi connectivity index (χ2n) is 10.5. The number of rotatable bonds is 13. The van der Waals surface area contributed by atoms with E-state index in [4.69, 9.17) is 0 Å². The van der Waals surface area contributed by atoms with Crippen molar-refractivity contribution in [3.63, 3.8) is 0 Å². The van der Waals surface area contributed by atoms with Crippen molar-refractivity contribution in [2.24, 2.45) is 5.92 Å². The molecule has 0 aliphatic rings. The van der Waals surface area contributed by atoms with E-state index in [1.54, 1.807) is 30.3 Å². The zero-order valence-corrected chi connectivity index (χ0v) is 24.8. The molecule has 0 aliphatic heterocycles. The molecule has 0 aromatic heterocycles. The maximum Gasteiger partial charge on any atom is 0.304 e. The van der Waals surface area contributed by atoms with Crippen LogP contribution < -0.4 is 9.62 Å². The molecule has 40 heavy (non-hydrogen) atoms. The van der Waals surface area contributed by atoms with Gasteiger partial charge in [-0.15, -0.1) is 0 Å². The molecule has 0 heterocycles. The van der Waals surface area contributed by atoms with E-state index in [1.165, 1.54) is 19.0 Å². The molecule has 8 nitrogen and oxygen atoms in total. The highest BCUT2D eigenvalue weighted by Gasteiger charge is 2.34. The largest absolute Gasteiger partial charge is 0.354 e. The van der Waals surface area contributed by atoms with Crippen molar-refractivity contribution in [3.8, 4) is 0 Å².